The Bertz CT molecular complexity index is 1100. The fourth-order valence-corrected chi connectivity index (χ4v) is 3.74. The number of rotatable bonds is 7. The third kappa shape index (κ3) is 5.02. The number of nitriles is 1. The van der Waals surface area contributed by atoms with Crippen LogP contribution in [0, 0.1) is 30.0 Å². The molecule has 0 saturated heterocycles. The van der Waals surface area contributed by atoms with Crippen molar-refractivity contribution in [2.45, 2.75) is 27.3 Å². The number of aryl methyl sites for hydroxylation is 1. The Kier molecular flexibility index (Phi) is 6.80. The first-order chi connectivity index (χ1) is 14.4. The Morgan fingerprint density at radius 3 is 2.77 bits per heavy atom. The molecule has 30 heavy (non-hydrogen) atoms. The van der Waals surface area contributed by atoms with Crippen molar-refractivity contribution >= 4 is 17.2 Å². The van der Waals surface area contributed by atoms with Crippen LogP contribution in [0.3, 0.4) is 0 Å². The first kappa shape index (κ1) is 21.5. The number of thiazole rings is 1. The van der Waals surface area contributed by atoms with Crippen molar-refractivity contribution < 1.29 is 13.9 Å². The fraction of sp³-hybridized carbons (Fsp3) is 0.261. The molecule has 0 spiro atoms. The third-order valence-electron chi connectivity index (χ3n) is 4.32. The second-order valence-corrected chi connectivity index (χ2v) is 8.23. The highest BCUT2D eigenvalue weighted by molar-refractivity contribution is 7.17. The van der Waals surface area contributed by atoms with E-state index in [9.17, 15) is 14.4 Å². The predicted octanol–water partition coefficient (Wildman–Crippen LogP) is 5.09. The summed E-state index contributed by atoms with van der Waals surface area (Å²) in [4.78, 5) is 17.5. The summed E-state index contributed by atoms with van der Waals surface area (Å²) in [7, 11) is 0. The second kappa shape index (κ2) is 9.51. The van der Waals surface area contributed by atoms with Crippen LogP contribution in [0.25, 0.3) is 10.6 Å². The van der Waals surface area contributed by atoms with Crippen LogP contribution in [0.4, 0.5) is 4.39 Å². The van der Waals surface area contributed by atoms with Crippen molar-refractivity contribution in [3.8, 4) is 22.4 Å². The average molecular weight is 424 g/mol. The summed E-state index contributed by atoms with van der Waals surface area (Å²) in [6.07, 6.45) is 0. The number of hydrogen-bond donors (Lipinski definition) is 1. The van der Waals surface area contributed by atoms with Crippen LogP contribution < -0.4 is 10.1 Å². The van der Waals surface area contributed by atoms with Gasteiger partial charge in [-0.15, -0.1) is 11.3 Å². The Balaban J connectivity index is 1.77. The van der Waals surface area contributed by atoms with Crippen LogP contribution in [0.2, 0.25) is 0 Å². The summed E-state index contributed by atoms with van der Waals surface area (Å²) in [5.74, 6) is 0.217. The van der Waals surface area contributed by atoms with E-state index in [1.54, 1.807) is 37.3 Å². The van der Waals surface area contributed by atoms with Crippen molar-refractivity contribution in [1.82, 2.24) is 10.3 Å². The molecule has 0 aliphatic rings. The lowest BCUT2D eigenvalue weighted by molar-refractivity contribution is 0.0954. The van der Waals surface area contributed by atoms with Crippen LogP contribution in [-0.2, 0) is 6.54 Å². The van der Waals surface area contributed by atoms with Crippen LogP contribution >= 0.6 is 11.3 Å². The zero-order valence-corrected chi connectivity index (χ0v) is 17.8. The SMILES string of the molecule is Cc1nc(-c2ccc(OCC(C)C)c(C#N)c2)sc1C(=O)NCc1ccccc1F. The molecule has 1 amide bonds. The van der Waals surface area contributed by atoms with Gasteiger partial charge in [-0.3, -0.25) is 4.79 Å². The Hall–Kier alpha value is -3.24. The lowest BCUT2D eigenvalue weighted by Crippen LogP contribution is -2.23. The molecule has 0 aliphatic heterocycles. The van der Waals surface area contributed by atoms with Gasteiger partial charge in [-0.25, -0.2) is 9.37 Å². The Morgan fingerprint density at radius 2 is 2.07 bits per heavy atom. The van der Waals surface area contributed by atoms with E-state index in [0.29, 0.717) is 45.0 Å². The Morgan fingerprint density at radius 1 is 1.30 bits per heavy atom. The largest absolute Gasteiger partial charge is 0.492 e. The number of carbonyl (C=O) groups is 1. The molecule has 0 aliphatic carbocycles. The number of hydrogen-bond acceptors (Lipinski definition) is 5. The van der Waals surface area contributed by atoms with Gasteiger partial charge in [0.05, 0.1) is 17.9 Å². The van der Waals surface area contributed by atoms with E-state index in [2.05, 4.69) is 16.4 Å². The zero-order valence-electron chi connectivity index (χ0n) is 17.0. The number of carbonyl (C=O) groups excluding carboxylic acids is 1. The highest BCUT2D eigenvalue weighted by Crippen LogP contribution is 2.31. The molecule has 0 atom stereocenters. The van der Waals surface area contributed by atoms with Crippen molar-refractivity contribution in [2.24, 2.45) is 5.92 Å². The molecule has 154 valence electrons. The summed E-state index contributed by atoms with van der Waals surface area (Å²) < 4.78 is 19.4. The van der Waals surface area contributed by atoms with Crippen molar-refractivity contribution in [1.29, 1.82) is 5.26 Å². The van der Waals surface area contributed by atoms with Gasteiger partial charge >= 0.3 is 0 Å². The summed E-state index contributed by atoms with van der Waals surface area (Å²) >= 11 is 1.24. The van der Waals surface area contributed by atoms with E-state index in [0.717, 1.165) is 5.56 Å². The summed E-state index contributed by atoms with van der Waals surface area (Å²) in [6, 6.07) is 13.8. The number of aromatic nitrogens is 1. The molecule has 3 rings (SSSR count). The number of nitrogens with one attached hydrogen (secondary N) is 1. The summed E-state index contributed by atoms with van der Waals surface area (Å²) in [5, 5.41) is 12.8. The Labute approximate surface area is 179 Å². The zero-order chi connectivity index (χ0) is 21.7. The molecule has 5 nitrogen and oxygen atoms in total. The first-order valence-corrected chi connectivity index (χ1v) is 10.4. The molecule has 0 unspecified atom stereocenters. The minimum absolute atomic E-state index is 0.0959. The van der Waals surface area contributed by atoms with E-state index in [1.807, 2.05) is 19.9 Å². The van der Waals surface area contributed by atoms with Gasteiger partial charge < -0.3 is 10.1 Å². The van der Waals surface area contributed by atoms with Crippen LogP contribution in [0.15, 0.2) is 42.5 Å². The van der Waals surface area contributed by atoms with E-state index >= 15 is 0 Å². The third-order valence-corrected chi connectivity index (χ3v) is 5.52. The van der Waals surface area contributed by atoms with Gasteiger partial charge in [0.15, 0.2) is 0 Å². The average Bonchev–Trinajstić information content (AvgIpc) is 3.13. The molecule has 2 aromatic carbocycles. The van der Waals surface area contributed by atoms with E-state index in [1.165, 1.54) is 17.4 Å². The lowest BCUT2D eigenvalue weighted by atomic mass is 10.1. The molecule has 0 bridgehead atoms. The number of benzene rings is 2. The van der Waals surface area contributed by atoms with Crippen LogP contribution in [0.1, 0.15) is 40.3 Å². The molecular formula is C23H22FN3O2S. The smallest absolute Gasteiger partial charge is 0.263 e. The van der Waals surface area contributed by atoms with Gasteiger partial charge in [-0.1, -0.05) is 32.0 Å². The molecule has 0 radical (unpaired) electrons. The number of nitrogens with zero attached hydrogens (tertiary/aromatic N) is 2. The first-order valence-electron chi connectivity index (χ1n) is 9.55. The molecule has 1 N–H and O–H groups in total. The highest BCUT2D eigenvalue weighted by atomic mass is 32.1. The van der Waals surface area contributed by atoms with Gasteiger partial charge in [0.1, 0.15) is 27.5 Å². The fourth-order valence-electron chi connectivity index (χ4n) is 2.76. The monoisotopic (exact) mass is 423 g/mol. The van der Waals surface area contributed by atoms with Crippen molar-refractivity contribution in [2.75, 3.05) is 6.61 Å². The van der Waals surface area contributed by atoms with Gasteiger partial charge in [0.25, 0.3) is 5.91 Å². The topological polar surface area (TPSA) is 75.0 Å². The maximum Gasteiger partial charge on any atom is 0.263 e. The predicted molar refractivity (Wildman–Crippen MR) is 115 cm³/mol. The number of amides is 1. The maximum absolute atomic E-state index is 13.8. The highest BCUT2D eigenvalue weighted by Gasteiger charge is 2.17. The minimum Gasteiger partial charge on any atom is -0.492 e. The van der Waals surface area contributed by atoms with Crippen LogP contribution in [0.5, 0.6) is 5.75 Å². The normalized spacial score (nSPS) is 10.7. The standard InChI is InChI=1S/C23H22FN3O2S/c1-14(2)13-29-20-9-8-16(10-18(20)11-25)23-27-15(3)21(30-23)22(28)26-12-17-6-4-5-7-19(17)24/h4-10,14H,12-13H2,1-3H3,(H,26,28). The van der Waals surface area contributed by atoms with Crippen molar-refractivity contribution in [3.05, 3.63) is 70.0 Å². The van der Waals surface area contributed by atoms with E-state index in [4.69, 9.17) is 4.74 Å². The number of ether oxygens (including phenoxy) is 1. The molecule has 1 aromatic heterocycles. The van der Waals surface area contributed by atoms with Gasteiger partial charge in [-0.05, 0) is 37.1 Å². The summed E-state index contributed by atoms with van der Waals surface area (Å²) in [5.41, 5.74) is 2.17. The molecule has 1 heterocycles. The van der Waals surface area contributed by atoms with Gasteiger partial charge in [0, 0.05) is 17.7 Å². The molecular weight excluding hydrogens is 401 g/mol. The quantitative estimate of drug-likeness (QED) is 0.574. The molecule has 3 aromatic rings. The molecule has 7 heteroatoms. The molecule has 0 fully saturated rings. The maximum atomic E-state index is 13.8. The van der Waals surface area contributed by atoms with Crippen molar-refractivity contribution in [3.63, 3.8) is 0 Å². The number of halogens is 1. The lowest BCUT2D eigenvalue weighted by Gasteiger charge is -2.10. The second-order valence-electron chi connectivity index (χ2n) is 7.24. The van der Waals surface area contributed by atoms with Crippen LogP contribution in [-0.4, -0.2) is 17.5 Å². The minimum atomic E-state index is -0.358. The van der Waals surface area contributed by atoms with Gasteiger partial charge in [-0.2, -0.15) is 5.26 Å². The molecule has 0 saturated carbocycles. The summed E-state index contributed by atoms with van der Waals surface area (Å²) in [6.45, 7) is 6.45. The van der Waals surface area contributed by atoms with Gasteiger partial charge in [0.2, 0.25) is 0 Å². The van der Waals surface area contributed by atoms with E-state index < -0.39 is 0 Å². The van der Waals surface area contributed by atoms with E-state index in [-0.39, 0.29) is 18.3 Å².